The van der Waals surface area contributed by atoms with Crippen LogP contribution in [-0.4, -0.2) is 44.7 Å². The zero-order chi connectivity index (χ0) is 18.1. The summed E-state index contributed by atoms with van der Waals surface area (Å²) in [6.45, 7) is 3.50. The fourth-order valence-corrected chi connectivity index (χ4v) is 4.21. The van der Waals surface area contributed by atoms with Gasteiger partial charge in [0.1, 0.15) is 11.5 Å². The number of hydrogen-bond donors (Lipinski definition) is 1. The molecule has 0 aromatic heterocycles. The van der Waals surface area contributed by atoms with E-state index in [1.807, 2.05) is 24.3 Å². The van der Waals surface area contributed by atoms with E-state index in [0.29, 0.717) is 11.8 Å². The predicted molar refractivity (Wildman–Crippen MR) is 99.8 cm³/mol. The van der Waals surface area contributed by atoms with Crippen molar-refractivity contribution < 1.29 is 14.3 Å². The minimum absolute atomic E-state index is 0.0547. The van der Waals surface area contributed by atoms with E-state index in [1.165, 1.54) is 11.1 Å². The Morgan fingerprint density at radius 2 is 1.81 bits per heavy atom. The average Bonchev–Trinajstić information content (AvgIpc) is 3.02. The quantitative estimate of drug-likeness (QED) is 0.919. The van der Waals surface area contributed by atoms with Gasteiger partial charge in [0.25, 0.3) is 5.91 Å². The van der Waals surface area contributed by atoms with Crippen molar-refractivity contribution in [3.63, 3.8) is 0 Å². The van der Waals surface area contributed by atoms with Crippen LogP contribution in [0, 0.1) is 5.92 Å². The van der Waals surface area contributed by atoms with E-state index in [-0.39, 0.29) is 5.91 Å². The van der Waals surface area contributed by atoms with Gasteiger partial charge in [-0.1, -0.05) is 18.2 Å². The second kappa shape index (κ2) is 7.00. The van der Waals surface area contributed by atoms with Crippen LogP contribution in [0.5, 0.6) is 11.5 Å². The highest BCUT2D eigenvalue weighted by Crippen LogP contribution is 2.37. The maximum atomic E-state index is 12.3. The molecule has 2 aromatic carbocycles. The minimum Gasteiger partial charge on any atom is -0.497 e. The second-order valence-corrected chi connectivity index (χ2v) is 7.08. The number of carbonyl (C=O) groups is 1. The van der Waals surface area contributed by atoms with Crippen molar-refractivity contribution in [2.45, 2.75) is 12.5 Å². The highest BCUT2D eigenvalue weighted by Gasteiger charge is 2.37. The van der Waals surface area contributed by atoms with Crippen molar-refractivity contribution >= 4 is 5.91 Å². The van der Waals surface area contributed by atoms with Crippen LogP contribution >= 0.6 is 0 Å². The summed E-state index contributed by atoms with van der Waals surface area (Å²) in [5, 5.41) is 3.09. The van der Waals surface area contributed by atoms with Crippen LogP contribution < -0.4 is 14.8 Å². The zero-order valence-corrected chi connectivity index (χ0v) is 15.2. The van der Waals surface area contributed by atoms with Crippen LogP contribution in [0.15, 0.2) is 42.5 Å². The minimum atomic E-state index is 0.0547. The normalized spacial score (nSPS) is 22.2. The van der Waals surface area contributed by atoms with Gasteiger partial charge in [0.05, 0.1) is 14.2 Å². The summed E-state index contributed by atoms with van der Waals surface area (Å²) >= 11 is 0. The van der Waals surface area contributed by atoms with Crippen LogP contribution in [0.2, 0.25) is 0 Å². The van der Waals surface area contributed by atoms with Crippen LogP contribution in [-0.2, 0) is 6.54 Å². The lowest BCUT2D eigenvalue weighted by atomic mass is 9.87. The number of carbonyl (C=O) groups excluding carboxylic acids is 1. The molecule has 1 fully saturated rings. The molecule has 0 saturated carbocycles. The Hall–Kier alpha value is -2.53. The van der Waals surface area contributed by atoms with Crippen LogP contribution in [0.3, 0.4) is 0 Å². The Morgan fingerprint density at radius 3 is 2.54 bits per heavy atom. The molecule has 0 radical (unpaired) electrons. The molecule has 2 aromatic rings. The molecule has 4 rings (SSSR count). The predicted octanol–water partition coefficient (Wildman–Crippen LogP) is 2.66. The fraction of sp³-hybridized carbons (Fsp3) is 0.381. The Morgan fingerprint density at radius 1 is 1.08 bits per heavy atom. The summed E-state index contributed by atoms with van der Waals surface area (Å²) < 4.78 is 10.8. The SMILES string of the molecule is COc1cc(CN2C[C@H]3CNC(=O)c4ccccc4[C@@H]3C2)cc(OC)c1. The number of fused-ring (bicyclic) bond motifs is 3. The van der Waals surface area contributed by atoms with E-state index in [4.69, 9.17) is 9.47 Å². The molecular formula is C21H24N2O3. The molecule has 2 aliphatic rings. The molecule has 5 heteroatoms. The fourth-order valence-electron chi connectivity index (χ4n) is 4.21. The number of nitrogens with zero attached hydrogens (tertiary/aromatic N) is 1. The summed E-state index contributed by atoms with van der Waals surface area (Å²) in [4.78, 5) is 14.8. The third-order valence-corrected chi connectivity index (χ3v) is 5.46. The van der Waals surface area contributed by atoms with Crippen molar-refractivity contribution in [1.82, 2.24) is 10.2 Å². The first-order valence-electron chi connectivity index (χ1n) is 8.99. The number of nitrogens with one attached hydrogen (secondary N) is 1. The summed E-state index contributed by atoms with van der Waals surface area (Å²) in [6.07, 6.45) is 0. The van der Waals surface area contributed by atoms with E-state index in [9.17, 15) is 4.79 Å². The molecule has 2 atom stereocenters. The van der Waals surface area contributed by atoms with Crippen LogP contribution in [0.1, 0.15) is 27.4 Å². The van der Waals surface area contributed by atoms with Gasteiger partial charge in [0.2, 0.25) is 0 Å². The molecule has 1 amide bonds. The van der Waals surface area contributed by atoms with Gasteiger partial charge in [0, 0.05) is 43.7 Å². The van der Waals surface area contributed by atoms with E-state index < -0.39 is 0 Å². The first-order valence-corrected chi connectivity index (χ1v) is 8.99. The molecule has 136 valence electrons. The Kier molecular flexibility index (Phi) is 4.55. The average molecular weight is 352 g/mol. The molecule has 1 N–H and O–H groups in total. The van der Waals surface area contributed by atoms with Gasteiger partial charge in [0.15, 0.2) is 0 Å². The zero-order valence-electron chi connectivity index (χ0n) is 15.2. The van der Waals surface area contributed by atoms with E-state index in [2.05, 4.69) is 28.4 Å². The lowest BCUT2D eigenvalue weighted by Gasteiger charge is -2.18. The van der Waals surface area contributed by atoms with Crippen LogP contribution in [0.25, 0.3) is 0 Å². The Balaban J connectivity index is 1.56. The number of hydrogen-bond acceptors (Lipinski definition) is 4. The maximum Gasteiger partial charge on any atom is 0.251 e. The standard InChI is InChI=1S/C21H24N2O3/c1-25-16-7-14(8-17(9-16)26-2)11-23-12-15-10-22-21(24)19-6-4-3-5-18(19)20(15)13-23/h3-9,15,20H,10-13H2,1-2H3,(H,22,24)/t15-,20-/m1/s1. The van der Waals surface area contributed by atoms with E-state index in [1.54, 1.807) is 14.2 Å². The van der Waals surface area contributed by atoms with Gasteiger partial charge in [-0.15, -0.1) is 0 Å². The summed E-state index contributed by atoms with van der Waals surface area (Å²) in [6, 6.07) is 14.0. The summed E-state index contributed by atoms with van der Waals surface area (Å²) in [5.41, 5.74) is 3.18. The van der Waals surface area contributed by atoms with Gasteiger partial charge in [-0.05, 0) is 35.2 Å². The number of amides is 1. The van der Waals surface area contributed by atoms with Gasteiger partial charge < -0.3 is 14.8 Å². The maximum absolute atomic E-state index is 12.3. The smallest absolute Gasteiger partial charge is 0.251 e. The number of likely N-dealkylation sites (tertiary alicyclic amines) is 1. The molecule has 2 heterocycles. The Labute approximate surface area is 153 Å². The van der Waals surface area contributed by atoms with E-state index in [0.717, 1.165) is 43.2 Å². The highest BCUT2D eigenvalue weighted by molar-refractivity contribution is 5.96. The molecule has 0 spiro atoms. The summed E-state index contributed by atoms with van der Waals surface area (Å²) in [5.74, 6) is 2.50. The van der Waals surface area contributed by atoms with Gasteiger partial charge in [-0.25, -0.2) is 0 Å². The van der Waals surface area contributed by atoms with Crippen molar-refractivity contribution in [2.24, 2.45) is 5.92 Å². The first-order chi connectivity index (χ1) is 12.7. The van der Waals surface area contributed by atoms with E-state index >= 15 is 0 Å². The molecule has 0 aliphatic carbocycles. The molecule has 26 heavy (non-hydrogen) atoms. The second-order valence-electron chi connectivity index (χ2n) is 7.08. The lowest BCUT2D eigenvalue weighted by Crippen LogP contribution is -2.29. The molecule has 0 unspecified atom stereocenters. The topological polar surface area (TPSA) is 50.8 Å². The van der Waals surface area contributed by atoms with Crippen LogP contribution in [0.4, 0.5) is 0 Å². The lowest BCUT2D eigenvalue weighted by molar-refractivity contribution is 0.0951. The van der Waals surface area contributed by atoms with Gasteiger partial charge in [-0.3, -0.25) is 9.69 Å². The molecule has 0 bridgehead atoms. The van der Waals surface area contributed by atoms with Crippen molar-refractivity contribution in [3.05, 3.63) is 59.2 Å². The molecular weight excluding hydrogens is 328 g/mol. The largest absolute Gasteiger partial charge is 0.497 e. The van der Waals surface area contributed by atoms with Crippen molar-refractivity contribution in [2.75, 3.05) is 33.9 Å². The summed E-state index contributed by atoms with van der Waals surface area (Å²) in [7, 11) is 3.35. The Bertz CT molecular complexity index is 798. The van der Waals surface area contributed by atoms with Crippen molar-refractivity contribution in [3.8, 4) is 11.5 Å². The molecule has 5 nitrogen and oxygen atoms in total. The monoisotopic (exact) mass is 352 g/mol. The molecule has 2 aliphatic heterocycles. The molecule has 1 saturated heterocycles. The number of benzene rings is 2. The van der Waals surface area contributed by atoms with Crippen molar-refractivity contribution in [1.29, 1.82) is 0 Å². The number of rotatable bonds is 4. The third kappa shape index (κ3) is 3.15. The number of ether oxygens (including phenoxy) is 2. The number of methoxy groups -OCH3 is 2. The van der Waals surface area contributed by atoms with Gasteiger partial charge >= 0.3 is 0 Å². The van der Waals surface area contributed by atoms with Gasteiger partial charge in [-0.2, -0.15) is 0 Å². The highest BCUT2D eigenvalue weighted by atomic mass is 16.5. The first kappa shape index (κ1) is 16.9. The third-order valence-electron chi connectivity index (χ3n) is 5.46.